The molecule has 48 valence electrons. The lowest BCUT2D eigenvalue weighted by Crippen LogP contribution is -1.89. The summed E-state index contributed by atoms with van der Waals surface area (Å²) in [6.45, 7) is 1.54. The third kappa shape index (κ3) is 3.65. The zero-order chi connectivity index (χ0) is 6.41. The van der Waals surface area contributed by atoms with Crippen LogP contribution in [0.5, 0.6) is 0 Å². The fourth-order valence-corrected chi connectivity index (χ4v) is 0.415. The molecule has 0 aromatic rings. The molecule has 8 heavy (non-hydrogen) atoms. The molecule has 0 saturated carbocycles. The van der Waals surface area contributed by atoms with Crippen molar-refractivity contribution >= 4 is 0 Å². The molecule has 0 bridgehead atoms. The molecular formula is C6H11FO. The molecule has 1 unspecified atom stereocenters. The van der Waals surface area contributed by atoms with Crippen molar-refractivity contribution in [1.29, 1.82) is 0 Å². The Morgan fingerprint density at radius 2 is 2.38 bits per heavy atom. The molecule has 0 aliphatic heterocycles. The van der Waals surface area contributed by atoms with Crippen LogP contribution < -0.4 is 0 Å². The van der Waals surface area contributed by atoms with Gasteiger partial charge in [-0.1, -0.05) is 6.92 Å². The summed E-state index contributed by atoms with van der Waals surface area (Å²) in [4.78, 5) is 0. The van der Waals surface area contributed by atoms with E-state index in [1.54, 1.807) is 6.08 Å². The first-order valence-corrected chi connectivity index (χ1v) is 2.68. The monoisotopic (exact) mass is 118 g/mol. The van der Waals surface area contributed by atoms with Crippen LogP contribution >= 0.6 is 0 Å². The SMILES string of the molecule is CC(C=CO)CCF. The van der Waals surface area contributed by atoms with Gasteiger partial charge in [0, 0.05) is 0 Å². The number of aliphatic hydroxyl groups excluding tert-OH is 1. The second-order valence-electron chi connectivity index (χ2n) is 1.80. The van der Waals surface area contributed by atoms with Gasteiger partial charge in [0.15, 0.2) is 0 Å². The Hall–Kier alpha value is -0.530. The first-order valence-electron chi connectivity index (χ1n) is 2.68. The van der Waals surface area contributed by atoms with Crippen LogP contribution in [0.2, 0.25) is 0 Å². The van der Waals surface area contributed by atoms with Crippen LogP contribution in [-0.2, 0) is 0 Å². The zero-order valence-corrected chi connectivity index (χ0v) is 4.97. The lowest BCUT2D eigenvalue weighted by molar-refractivity contribution is 0.425. The summed E-state index contributed by atoms with van der Waals surface area (Å²) >= 11 is 0. The van der Waals surface area contributed by atoms with E-state index in [9.17, 15) is 4.39 Å². The van der Waals surface area contributed by atoms with E-state index < -0.39 is 0 Å². The Labute approximate surface area is 48.8 Å². The Kier molecular flexibility index (Phi) is 4.32. The van der Waals surface area contributed by atoms with E-state index in [0.29, 0.717) is 6.42 Å². The van der Waals surface area contributed by atoms with Crippen molar-refractivity contribution in [3.8, 4) is 0 Å². The molecule has 2 heteroatoms. The van der Waals surface area contributed by atoms with Crippen LogP contribution in [0.1, 0.15) is 13.3 Å². The van der Waals surface area contributed by atoms with Crippen LogP contribution in [0, 0.1) is 5.92 Å². The van der Waals surface area contributed by atoms with Gasteiger partial charge in [0.2, 0.25) is 0 Å². The highest BCUT2D eigenvalue weighted by atomic mass is 19.1. The number of allylic oxidation sites excluding steroid dienone is 1. The normalized spacial score (nSPS) is 14.8. The number of hydrogen-bond acceptors (Lipinski definition) is 1. The minimum atomic E-state index is -0.314. The van der Waals surface area contributed by atoms with E-state index in [0.717, 1.165) is 6.26 Å². The van der Waals surface area contributed by atoms with Gasteiger partial charge in [-0.2, -0.15) is 0 Å². The van der Waals surface area contributed by atoms with Crippen molar-refractivity contribution in [2.45, 2.75) is 13.3 Å². The van der Waals surface area contributed by atoms with Crippen LogP contribution in [0.4, 0.5) is 4.39 Å². The summed E-state index contributed by atoms with van der Waals surface area (Å²) in [6.07, 6.45) is 3.02. The third-order valence-corrected chi connectivity index (χ3v) is 0.979. The summed E-state index contributed by atoms with van der Waals surface area (Å²) in [5.74, 6) is 0.157. The summed E-state index contributed by atoms with van der Waals surface area (Å²) in [7, 11) is 0. The highest BCUT2D eigenvalue weighted by Crippen LogP contribution is 2.01. The van der Waals surface area contributed by atoms with Gasteiger partial charge in [-0.15, -0.1) is 0 Å². The Balaban J connectivity index is 3.17. The maximum Gasteiger partial charge on any atom is 0.0900 e. The first-order chi connectivity index (χ1) is 3.81. The highest BCUT2D eigenvalue weighted by molar-refractivity contribution is 4.78. The molecule has 0 spiro atoms. The van der Waals surface area contributed by atoms with E-state index in [1.807, 2.05) is 6.92 Å². The molecule has 0 aromatic heterocycles. The van der Waals surface area contributed by atoms with Gasteiger partial charge in [-0.3, -0.25) is 4.39 Å². The Morgan fingerprint density at radius 1 is 1.75 bits per heavy atom. The number of halogens is 1. The van der Waals surface area contributed by atoms with Crippen molar-refractivity contribution < 1.29 is 9.50 Å². The molecule has 0 amide bonds. The predicted octanol–water partition coefficient (Wildman–Crippen LogP) is 2.05. The largest absolute Gasteiger partial charge is 0.516 e. The topological polar surface area (TPSA) is 20.2 Å². The smallest absolute Gasteiger partial charge is 0.0900 e. The Bertz CT molecular complexity index is 70.9. The van der Waals surface area contributed by atoms with E-state index in [1.165, 1.54) is 0 Å². The average Bonchev–Trinajstić information content (AvgIpc) is 1.68. The van der Waals surface area contributed by atoms with Gasteiger partial charge in [0.25, 0.3) is 0 Å². The van der Waals surface area contributed by atoms with Crippen LogP contribution in [0.3, 0.4) is 0 Å². The minimum Gasteiger partial charge on any atom is -0.516 e. The summed E-state index contributed by atoms with van der Waals surface area (Å²) in [6, 6.07) is 0. The first kappa shape index (κ1) is 7.47. The standard InChI is InChI=1S/C6H11FO/c1-6(2-4-7)3-5-8/h3,5-6,8H,2,4H2,1H3. The average molecular weight is 118 g/mol. The summed E-state index contributed by atoms with van der Waals surface area (Å²) in [5, 5.41) is 8.16. The van der Waals surface area contributed by atoms with Gasteiger partial charge >= 0.3 is 0 Å². The molecular weight excluding hydrogens is 107 g/mol. The molecule has 0 radical (unpaired) electrons. The predicted molar refractivity (Wildman–Crippen MR) is 31.5 cm³/mol. The molecule has 0 rings (SSSR count). The molecule has 1 atom stereocenters. The van der Waals surface area contributed by atoms with E-state index in [-0.39, 0.29) is 12.6 Å². The summed E-state index contributed by atoms with van der Waals surface area (Å²) < 4.78 is 11.5. The second kappa shape index (κ2) is 4.62. The van der Waals surface area contributed by atoms with Gasteiger partial charge in [-0.05, 0) is 18.4 Å². The molecule has 0 aromatic carbocycles. The lowest BCUT2D eigenvalue weighted by atomic mass is 10.1. The van der Waals surface area contributed by atoms with Crippen LogP contribution in [0.15, 0.2) is 12.3 Å². The van der Waals surface area contributed by atoms with E-state index in [4.69, 9.17) is 5.11 Å². The molecule has 0 fully saturated rings. The quantitative estimate of drug-likeness (QED) is 0.562. The third-order valence-electron chi connectivity index (χ3n) is 0.979. The lowest BCUT2D eigenvalue weighted by Gasteiger charge is -1.97. The fourth-order valence-electron chi connectivity index (χ4n) is 0.415. The number of hydrogen-bond donors (Lipinski definition) is 1. The van der Waals surface area contributed by atoms with Crippen LogP contribution in [0.25, 0.3) is 0 Å². The molecule has 0 aliphatic rings. The van der Waals surface area contributed by atoms with Crippen molar-refractivity contribution in [2.75, 3.05) is 6.67 Å². The number of alkyl halides is 1. The Morgan fingerprint density at radius 3 is 2.75 bits per heavy atom. The van der Waals surface area contributed by atoms with Crippen molar-refractivity contribution in [3.05, 3.63) is 12.3 Å². The van der Waals surface area contributed by atoms with Crippen molar-refractivity contribution in [2.24, 2.45) is 5.92 Å². The summed E-state index contributed by atoms with van der Waals surface area (Å²) in [5.41, 5.74) is 0. The highest BCUT2D eigenvalue weighted by Gasteiger charge is 1.93. The molecule has 0 aliphatic carbocycles. The fraction of sp³-hybridized carbons (Fsp3) is 0.667. The molecule has 1 nitrogen and oxygen atoms in total. The van der Waals surface area contributed by atoms with Gasteiger partial charge in [0.1, 0.15) is 0 Å². The van der Waals surface area contributed by atoms with Crippen LogP contribution in [-0.4, -0.2) is 11.8 Å². The zero-order valence-electron chi connectivity index (χ0n) is 4.97. The number of aliphatic hydroxyl groups is 1. The van der Waals surface area contributed by atoms with Crippen molar-refractivity contribution in [3.63, 3.8) is 0 Å². The molecule has 0 heterocycles. The number of rotatable bonds is 3. The van der Waals surface area contributed by atoms with E-state index in [2.05, 4.69) is 0 Å². The van der Waals surface area contributed by atoms with E-state index >= 15 is 0 Å². The maximum absolute atomic E-state index is 11.5. The van der Waals surface area contributed by atoms with Gasteiger partial charge in [0.05, 0.1) is 12.9 Å². The van der Waals surface area contributed by atoms with Gasteiger partial charge < -0.3 is 5.11 Å². The second-order valence-corrected chi connectivity index (χ2v) is 1.80. The maximum atomic E-state index is 11.5. The molecule has 1 N–H and O–H groups in total. The van der Waals surface area contributed by atoms with Gasteiger partial charge in [-0.25, -0.2) is 0 Å². The molecule has 0 saturated heterocycles. The van der Waals surface area contributed by atoms with Crippen molar-refractivity contribution in [1.82, 2.24) is 0 Å². The minimum absolute atomic E-state index is 0.157.